The Morgan fingerprint density at radius 1 is 1.21 bits per heavy atom. The van der Waals surface area contributed by atoms with Gasteiger partial charge in [-0.3, -0.25) is 20.2 Å². The zero-order chi connectivity index (χ0) is 17.3. The number of nitrogens with zero attached hydrogens (tertiary/aromatic N) is 3. The number of rotatable bonds is 4. The molecule has 0 saturated heterocycles. The first-order valence-corrected chi connectivity index (χ1v) is 6.91. The molecule has 1 amide bonds. The average Bonchev–Trinajstić information content (AvgIpc) is 3.13. The molecule has 0 spiro atoms. The number of carbonyl (C=O) groups excluding carboxylic acids is 1. The Labute approximate surface area is 135 Å². The van der Waals surface area contributed by atoms with Crippen molar-refractivity contribution in [2.75, 3.05) is 5.32 Å². The van der Waals surface area contributed by atoms with Gasteiger partial charge in [-0.05, 0) is 26.0 Å². The first-order valence-electron chi connectivity index (χ1n) is 6.91. The Morgan fingerprint density at radius 2 is 2.00 bits per heavy atom. The van der Waals surface area contributed by atoms with Crippen LogP contribution < -0.4 is 5.32 Å². The van der Waals surface area contributed by atoms with Crippen molar-refractivity contribution < 1.29 is 18.6 Å². The van der Waals surface area contributed by atoms with Crippen molar-refractivity contribution in [3.8, 4) is 11.5 Å². The molecule has 1 aromatic carbocycles. The molecule has 3 rings (SSSR count). The SMILES string of the molecule is Cc1cc(-c2nnc(NC(=O)c3cccc([N+](=O)[O-])c3)o2)c(C)o1. The van der Waals surface area contributed by atoms with E-state index in [1.165, 1.54) is 18.2 Å². The molecule has 0 radical (unpaired) electrons. The molecule has 0 saturated carbocycles. The minimum Gasteiger partial charge on any atom is -0.466 e. The Morgan fingerprint density at radius 3 is 2.67 bits per heavy atom. The van der Waals surface area contributed by atoms with Crippen LogP contribution >= 0.6 is 0 Å². The lowest BCUT2D eigenvalue weighted by Gasteiger charge is -2.00. The van der Waals surface area contributed by atoms with Crippen molar-refractivity contribution >= 4 is 17.6 Å². The van der Waals surface area contributed by atoms with Gasteiger partial charge in [0.2, 0.25) is 0 Å². The lowest BCUT2D eigenvalue weighted by Crippen LogP contribution is -2.12. The molecule has 122 valence electrons. The summed E-state index contributed by atoms with van der Waals surface area (Å²) < 4.78 is 10.8. The molecule has 24 heavy (non-hydrogen) atoms. The van der Waals surface area contributed by atoms with Crippen LogP contribution in [0.2, 0.25) is 0 Å². The van der Waals surface area contributed by atoms with E-state index in [0.717, 1.165) is 6.07 Å². The van der Waals surface area contributed by atoms with E-state index in [4.69, 9.17) is 8.83 Å². The number of aromatic nitrogens is 2. The van der Waals surface area contributed by atoms with Crippen LogP contribution in [0.25, 0.3) is 11.5 Å². The molecule has 3 aromatic rings. The Balaban J connectivity index is 1.79. The summed E-state index contributed by atoms with van der Waals surface area (Å²) in [6, 6.07) is 6.96. The van der Waals surface area contributed by atoms with Gasteiger partial charge in [0.1, 0.15) is 11.5 Å². The number of nitrogens with one attached hydrogen (secondary N) is 1. The number of non-ortho nitro benzene ring substituents is 1. The number of amides is 1. The Bertz CT molecular complexity index is 928. The van der Waals surface area contributed by atoms with Crippen molar-refractivity contribution in [2.45, 2.75) is 13.8 Å². The van der Waals surface area contributed by atoms with Gasteiger partial charge >= 0.3 is 6.01 Å². The first kappa shape index (κ1) is 15.4. The summed E-state index contributed by atoms with van der Waals surface area (Å²) in [5.74, 6) is 0.934. The lowest BCUT2D eigenvalue weighted by atomic mass is 10.2. The van der Waals surface area contributed by atoms with Crippen LogP contribution in [0.4, 0.5) is 11.7 Å². The molecule has 0 atom stereocenters. The van der Waals surface area contributed by atoms with Gasteiger partial charge in [-0.2, -0.15) is 0 Å². The fourth-order valence-electron chi connectivity index (χ4n) is 2.16. The van der Waals surface area contributed by atoms with E-state index < -0.39 is 10.8 Å². The second-order valence-electron chi connectivity index (χ2n) is 5.00. The van der Waals surface area contributed by atoms with Gasteiger partial charge < -0.3 is 8.83 Å². The van der Waals surface area contributed by atoms with E-state index in [-0.39, 0.29) is 23.2 Å². The highest BCUT2D eigenvalue weighted by Gasteiger charge is 2.17. The first-order chi connectivity index (χ1) is 11.4. The predicted molar refractivity (Wildman–Crippen MR) is 82.5 cm³/mol. The molecule has 0 aliphatic rings. The molecule has 2 aromatic heterocycles. The smallest absolute Gasteiger partial charge is 0.322 e. The summed E-state index contributed by atoms with van der Waals surface area (Å²) in [5.41, 5.74) is 0.563. The maximum Gasteiger partial charge on any atom is 0.322 e. The van der Waals surface area contributed by atoms with Gasteiger partial charge in [0.25, 0.3) is 17.5 Å². The van der Waals surface area contributed by atoms with Crippen LogP contribution in [-0.4, -0.2) is 21.0 Å². The highest BCUT2D eigenvalue weighted by molar-refractivity contribution is 6.03. The quantitative estimate of drug-likeness (QED) is 0.576. The highest BCUT2D eigenvalue weighted by Crippen LogP contribution is 2.26. The predicted octanol–water partition coefficient (Wildman–Crippen LogP) is 3.11. The zero-order valence-corrected chi connectivity index (χ0v) is 12.8. The molecule has 2 heterocycles. The number of anilines is 1. The second kappa shape index (κ2) is 5.95. The number of hydrogen-bond acceptors (Lipinski definition) is 7. The number of hydrogen-bond donors (Lipinski definition) is 1. The fraction of sp³-hybridized carbons (Fsp3) is 0.133. The van der Waals surface area contributed by atoms with Crippen LogP contribution in [0.5, 0.6) is 0 Å². The minimum atomic E-state index is -0.589. The fourth-order valence-corrected chi connectivity index (χ4v) is 2.16. The van der Waals surface area contributed by atoms with Gasteiger partial charge in [-0.15, -0.1) is 5.10 Å². The van der Waals surface area contributed by atoms with Crippen molar-refractivity contribution in [3.63, 3.8) is 0 Å². The van der Waals surface area contributed by atoms with Crippen LogP contribution in [-0.2, 0) is 0 Å². The normalized spacial score (nSPS) is 10.6. The molecule has 9 heteroatoms. The van der Waals surface area contributed by atoms with E-state index in [1.807, 2.05) is 0 Å². The van der Waals surface area contributed by atoms with Gasteiger partial charge in [0, 0.05) is 17.7 Å². The summed E-state index contributed by atoms with van der Waals surface area (Å²) in [6.45, 7) is 3.55. The maximum atomic E-state index is 12.1. The number of nitro benzene ring substituents is 1. The highest BCUT2D eigenvalue weighted by atomic mass is 16.6. The van der Waals surface area contributed by atoms with E-state index in [0.29, 0.717) is 17.1 Å². The third kappa shape index (κ3) is 3.00. The minimum absolute atomic E-state index is 0.110. The van der Waals surface area contributed by atoms with Crippen LogP contribution in [0.3, 0.4) is 0 Å². The van der Waals surface area contributed by atoms with Crippen LogP contribution in [0.1, 0.15) is 21.9 Å². The van der Waals surface area contributed by atoms with Crippen molar-refractivity contribution in [3.05, 3.63) is 57.5 Å². The summed E-state index contributed by atoms with van der Waals surface area (Å²) in [5, 5.41) is 20.8. The van der Waals surface area contributed by atoms with Gasteiger partial charge in [0.05, 0.1) is 10.5 Å². The molecule has 0 bridgehead atoms. The topological polar surface area (TPSA) is 124 Å². The van der Waals surface area contributed by atoms with Crippen molar-refractivity contribution in [2.24, 2.45) is 0 Å². The number of carbonyl (C=O) groups is 1. The van der Waals surface area contributed by atoms with Gasteiger partial charge in [-0.1, -0.05) is 11.2 Å². The molecule has 0 aliphatic carbocycles. The van der Waals surface area contributed by atoms with E-state index >= 15 is 0 Å². The molecular weight excluding hydrogens is 316 g/mol. The Hall–Kier alpha value is -3.49. The lowest BCUT2D eigenvalue weighted by molar-refractivity contribution is -0.384. The number of benzene rings is 1. The third-order valence-corrected chi connectivity index (χ3v) is 3.24. The molecule has 0 unspecified atom stereocenters. The average molecular weight is 328 g/mol. The number of nitro groups is 1. The standard InChI is InChI=1S/C15H12N4O5/c1-8-6-12(9(2)23-8)14-17-18-15(24-14)16-13(20)10-4-3-5-11(7-10)19(21)22/h3-7H,1-2H3,(H,16,18,20). The molecular formula is C15H12N4O5. The van der Waals surface area contributed by atoms with E-state index in [1.54, 1.807) is 19.9 Å². The number of furan rings is 1. The van der Waals surface area contributed by atoms with E-state index in [2.05, 4.69) is 15.5 Å². The largest absolute Gasteiger partial charge is 0.466 e. The summed E-state index contributed by atoms with van der Waals surface area (Å²) in [7, 11) is 0. The van der Waals surface area contributed by atoms with Gasteiger partial charge in [-0.25, -0.2) is 0 Å². The molecule has 0 fully saturated rings. The Kier molecular flexibility index (Phi) is 3.82. The monoisotopic (exact) mass is 328 g/mol. The summed E-state index contributed by atoms with van der Waals surface area (Å²) in [4.78, 5) is 22.3. The number of aryl methyl sites for hydroxylation is 2. The maximum absolute atomic E-state index is 12.1. The van der Waals surface area contributed by atoms with Gasteiger partial charge in [0.15, 0.2) is 0 Å². The second-order valence-corrected chi connectivity index (χ2v) is 5.00. The zero-order valence-electron chi connectivity index (χ0n) is 12.8. The summed E-state index contributed by atoms with van der Waals surface area (Å²) in [6.07, 6.45) is 0. The van der Waals surface area contributed by atoms with Crippen molar-refractivity contribution in [1.82, 2.24) is 10.2 Å². The van der Waals surface area contributed by atoms with Crippen molar-refractivity contribution in [1.29, 1.82) is 0 Å². The molecule has 9 nitrogen and oxygen atoms in total. The van der Waals surface area contributed by atoms with Crippen LogP contribution in [0.15, 0.2) is 39.2 Å². The summed E-state index contributed by atoms with van der Waals surface area (Å²) >= 11 is 0. The molecule has 1 N–H and O–H groups in total. The van der Waals surface area contributed by atoms with E-state index in [9.17, 15) is 14.9 Å². The molecule has 0 aliphatic heterocycles. The van der Waals surface area contributed by atoms with Crippen LogP contribution in [0, 0.1) is 24.0 Å². The third-order valence-electron chi connectivity index (χ3n) is 3.24.